The quantitative estimate of drug-likeness (QED) is 0.577. The third-order valence-corrected chi connectivity index (χ3v) is 3.30. The van der Waals surface area contributed by atoms with Gasteiger partial charge in [0.15, 0.2) is 0 Å². The molecule has 1 aliphatic rings. The van der Waals surface area contributed by atoms with Crippen LogP contribution in [0, 0.1) is 18.7 Å². The number of hydrogen-bond donors (Lipinski definition) is 3. The Labute approximate surface area is 121 Å². The van der Waals surface area contributed by atoms with Crippen molar-refractivity contribution in [1.82, 2.24) is 5.32 Å². The van der Waals surface area contributed by atoms with E-state index in [0.717, 1.165) is 5.56 Å². The number of amides is 2. The molecule has 2 amide bonds. The third-order valence-electron chi connectivity index (χ3n) is 3.30. The van der Waals surface area contributed by atoms with Crippen LogP contribution in [-0.4, -0.2) is 29.6 Å². The van der Waals surface area contributed by atoms with Crippen molar-refractivity contribution >= 4 is 17.5 Å². The van der Waals surface area contributed by atoms with E-state index < -0.39 is 17.6 Å². The van der Waals surface area contributed by atoms with E-state index in [0.29, 0.717) is 6.42 Å². The van der Waals surface area contributed by atoms with Crippen molar-refractivity contribution in [2.75, 3.05) is 11.9 Å². The molecule has 1 aromatic rings. The Morgan fingerprint density at radius 2 is 2.10 bits per heavy atom. The minimum atomic E-state index is -0.916. The molecule has 112 valence electrons. The number of aliphatic hydroxyl groups excluding tert-OH is 1. The molecule has 0 spiro atoms. The van der Waals surface area contributed by atoms with Gasteiger partial charge in [0.25, 0.3) is 0 Å². The van der Waals surface area contributed by atoms with Gasteiger partial charge in [-0.25, -0.2) is 4.39 Å². The summed E-state index contributed by atoms with van der Waals surface area (Å²) < 4.78 is 13.5. The number of halogens is 1. The molecular formula is C15H17FN2O3. The van der Waals surface area contributed by atoms with E-state index in [2.05, 4.69) is 10.6 Å². The summed E-state index contributed by atoms with van der Waals surface area (Å²) in [5.41, 5.74) is 0.752. The molecule has 0 fully saturated rings. The van der Waals surface area contributed by atoms with Crippen LogP contribution >= 0.6 is 0 Å². The van der Waals surface area contributed by atoms with Crippen LogP contribution in [0.3, 0.4) is 0 Å². The number of nitrogens with one attached hydrogen (secondary N) is 2. The molecule has 0 unspecified atom stereocenters. The highest BCUT2D eigenvalue weighted by Gasteiger charge is 2.23. The van der Waals surface area contributed by atoms with E-state index in [4.69, 9.17) is 5.11 Å². The van der Waals surface area contributed by atoms with Crippen molar-refractivity contribution in [3.63, 3.8) is 0 Å². The largest absolute Gasteiger partial charge is 0.396 e. The summed E-state index contributed by atoms with van der Waals surface area (Å²) in [7, 11) is 0. The molecule has 1 aliphatic carbocycles. The Hall–Kier alpha value is -2.21. The third kappa shape index (κ3) is 3.88. The lowest BCUT2D eigenvalue weighted by molar-refractivity contribution is -0.136. The number of carbonyl (C=O) groups excluding carboxylic acids is 2. The molecule has 5 nitrogen and oxygen atoms in total. The normalized spacial score (nSPS) is 20.3. The molecule has 0 bridgehead atoms. The van der Waals surface area contributed by atoms with Crippen molar-refractivity contribution < 1.29 is 19.1 Å². The van der Waals surface area contributed by atoms with Gasteiger partial charge in [0.1, 0.15) is 5.82 Å². The van der Waals surface area contributed by atoms with E-state index in [1.54, 1.807) is 25.1 Å². The van der Waals surface area contributed by atoms with Crippen molar-refractivity contribution in [1.29, 1.82) is 0 Å². The highest BCUT2D eigenvalue weighted by molar-refractivity contribution is 6.39. The van der Waals surface area contributed by atoms with E-state index in [1.165, 1.54) is 12.1 Å². The van der Waals surface area contributed by atoms with Gasteiger partial charge in [-0.3, -0.25) is 9.59 Å². The average molecular weight is 292 g/mol. The van der Waals surface area contributed by atoms with Crippen LogP contribution in [0.15, 0.2) is 30.4 Å². The fraction of sp³-hybridized carbons (Fsp3) is 0.333. The van der Waals surface area contributed by atoms with Gasteiger partial charge in [0.05, 0.1) is 5.69 Å². The molecule has 3 N–H and O–H groups in total. The summed E-state index contributed by atoms with van der Waals surface area (Å²) in [6, 6.07) is 3.97. The molecule has 1 aromatic carbocycles. The lowest BCUT2D eigenvalue weighted by atomic mass is 10.1. The zero-order chi connectivity index (χ0) is 15.4. The standard InChI is InChI=1S/C15H17FN2O3/c1-9-2-5-12(16)13(6-9)18-15(21)14(20)17-11-4-3-10(7-11)8-19/h2-6,10-11,19H,7-8H2,1H3,(H,17,20)(H,18,21)/t10-,11+/m0/s1. The van der Waals surface area contributed by atoms with Crippen molar-refractivity contribution in [3.05, 3.63) is 41.7 Å². The summed E-state index contributed by atoms with van der Waals surface area (Å²) in [6.07, 6.45) is 4.08. The molecule has 0 saturated carbocycles. The fourth-order valence-corrected chi connectivity index (χ4v) is 2.16. The number of benzene rings is 1. The molecular weight excluding hydrogens is 275 g/mol. The number of aryl methyl sites for hydroxylation is 1. The van der Waals surface area contributed by atoms with Crippen LogP contribution in [0.5, 0.6) is 0 Å². The number of hydrogen-bond acceptors (Lipinski definition) is 3. The Morgan fingerprint density at radius 1 is 1.33 bits per heavy atom. The van der Waals surface area contributed by atoms with Crippen LogP contribution in [0.2, 0.25) is 0 Å². The highest BCUT2D eigenvalue weighted by Crippen LogP contribution is 2.17. The first-order valence-corrected chi connectivity index (χ1v) is 6.66. The Balaban J connectivity index is 1.93. The van der Waals surface area contributed by atoms with Crippen LogP contribution in [0.1, 0.15) is 12.0 Å². The van der Waals surface area contributed by atoms with Gasteiger partial charge in [0.2, 0.25) is 0 Å². The van der Waals surface area contributed by atoms with Crippen LogP contribution in [-0.2, 0) is 9.59 Å². The van der Waals surface area contributed by atoms with Gasteiger partial charge in [-0.1, -0.05) is 18.2 Å². The average Bonchev–Trinajstić information content (AvgIpc) is 2.90. The number of rotatable bonds is 3. The zero-order valence-electron chi connectivity index (χ0n) is 11.6. The van der Waals surface area contributed by atoms with Crippen molar-refractivity contribution in [2.45, 2.75) is 19.4 Å². The Kier molecular flexibility index (Phi) is 4.70. The monoisotopic (exact) mass is 292 g/mol. The summed E-state index contributed by atoms with van der Waals surface area (Å²) in [5.74, 6) is -2.35. The molecule has 0 aliphatic heterocycles. The Bertz CT molecular complexity index is 586. The van der Waals surface area contributed by atoms with Gasteiger partial charge >= 0.3 is 11.8 Å². The first kappa shape index (κ1) is 15.2. The van der Waals surface area contributed by atoms with E-state index >= 15 is 0 Å². The smallest absolute Gasteiger partial charge is 0.313 e. The van der Waals surface area contributed by atoms with Crippen molar-refractivity contribution in [3.8, 4) is 0 Å². The SMILES string of the molecule is Cc1ccc(F)c(NC(=O)C(=O)N[C@@H]2C=C[C@H](CO)C2)c1. The molecule has 2 rings (SSSR count). The molecule has 0 heterocycles. The fourth-order valence-electron chi connectivity index (χ4n) is 2.16. The molecule has 21 heavy (non-hydrogen) atoms. The van der Waals surface area contributed by atoms with Gasteiger partial charge in [0, 0.05) is 18.6 Å². The van der Waals surface area contributed by atoms with Crippen molar-refractivity contribution in [2.24, 2.45) is 5.92 Å². The maximum Gasteiger partial charge on any atom is 0.313 e. The lowest BCUT2D eigenvalue weighted by Gasteiger charge is -2.13. The zero-order valence-corrected chi connectivity index (χ0v) is 11.6. The first-order chi connectivity index (χ1) is 9.99. The van der Waals surface area contributed by atoms with Crippen LogP contribution in [0.25, 0.3) is 0 Å². The second-order valence-electron chi connectivity index (χ2n) is 5.08. The maximum absolute atomic E-state index is 13.5. The minimum Gasteiger partial charge on any atom is -0.396 e. The second kappa shape index (κ2) is 6.49. The predicted octanol–water partition coefficient (Wildman–Crippen LogP) is 1.13. The predicted molar refractivity (Wildman–Crippen MR) is 76.0 cm³/mol. The van der Waals surface area contributed by atoms with Gasteiger partial charge in [-0.05, 0) is 31.0 Å². The van der Waals surface area contributed by atoms with Gasteiger partial charge in [-0.15, -0.1) is 0 Å². The van der Waals surface area contributed by atoms with E-state index in [9.17, 15) is 14.0 Å². The van der Waals surface area contributed by atoms with Gasteiger partial charge in [-0.2, -0.15) is 0 Å². The molecule has 0 aromatic heterocycles. The summed E-state index contributed by atoms with van der Waals surface area (Å²) in [5, 5.41) is 13.8. The van der Waals surface area contributed by atoms with Gasteiger partial charge < -0.3 is 15.7 Å². The van der Waals surface area contributed by atoms with E-state index in [1.807, 2.05) is 0 Å². The Morgan fingerprint density at radius 3 is 2.76 bits per heavy atom. The lowest BCUT2D eigenvalue weighted by Crippen LogP contribution is -2.40. The topological polar surface area (TPSA) is 78.4 Å². The molecule has 0 saturated heterocycles. The number of anilines is 1. The minimum absolute atomic E-state index is 0.00354. The van der Waals surface area contributed by atoms with E-state index in [-0.39, 0.29) is 24.3 Å². The molecule has 2 atom stereocenters. The second-order valence-corrected chi connectivity index (χ2v) is 5.08. The summed E-state index contributed by atoms with van der Waals surface area (Å²) >= 11 is 0. The summed E-state index contributed by atoms with van der Waals surface area (Å²) in [4.78, 5) is 23.5. The molecule has 0 radical (unpaired) electrons. The van der Waals surface area contributed by atoms with Crippen LogP contribution < -0.4 is 10.6 Å². The van der Waals surface area contributed by atoms with Crippen LogP contribution in [0.4, 0.5) is 10.1 Å². The highest BCUT2D eigenvalue weighted by atomic mass is 19.1. The summed E-state index contributed by atoms with van der Waals surface area (Å²) in [6.45, 7) is 1.76. The number of aliphatic hydroxyl groups is 1. The maximum atomic E-state index is 13.5. The number of carbonyl (C=O) groups is 2. The first-order valence-electron chi connectivity index (χ1n) is 6.66. The molecule has 6 heteroatoms.